The van der Waals surface area contributed by atoms with E-state index in [0.29, 0.717) is 15.9 Å². The molecule has 1 aromatic carbocycles. The molecule has 0 saturated heterocycles. The number of nitrogens with zero attached hydrogens (tertiary/aromatic N) is 4. The van der Waals surface area contributed by atoms with Gasteiger partial charge in [-0.1, -0.05) is 27.2 Å². The van der Waals surface area contributed by atoms with Crippen LogP contribution in [0.2, 0.25) is 0 Å². The Morgan fingerprint density at radius 3 is 2.75 bits per heavy atom. The van der Waals surface area contributed by atoms with Gasteiger partial charge in [-0.05, 0) is 53.5 Å². The molecule has 4 rings (SSSR count). The molecule has 0 aliphatic carbocycles. The number of thiophene rings is 1. The molecule has 0 bridgehead atoms. The minimum absolute atomic E-state index is 0.186. The van der Waals surface area contributed by atoms with Gasteiger partial charge in [0.05, 0.1) is 11.4 Å². The molecule has 24 heavy (non-hydrogen) atoms. The minimum Gasteiger partial charge on any atom is -0.266 e. The summed E-state index contributed by atoms with van der Waals surface area (Å²) in [7, 11) is 0. The summed E-state index contributed by atoms with van der Waals surface area (Å²) in [6, 6.07) is 7.41. The molecule has 3 heterocycles. The monoisotopic (exact) mass is 464 g/mol. The summed E-state index contributed by atoms with van der Waals surface area (Å²) >= 11 is 8.32. The van der Waals surface area contributed by atoms with Crippen LogP contribution in [0.3, 0.4) is 0 Å². The number of benzene rings is 1. The van der Waals surface area contributed by atoms with Gasteiger partial charge in [-0.15, -0.1) is 16.4 Å². The molecule has 120 valence electrons. The van der Waals surface area contributed by atoms with Crippen molar-refractivity contribution < 1.29 is 0 Å². The fraction of sp³-hybridized carbons (Fsp3) is 0.125. The number of pyridine rings is 1. The Labute approximate surface area is 157 Å². The minimum atomic E-state index is -0.186. The number of aromatic nitrogens is 4. The third-order valence-corrected chi connectivity index (χ3v) is 6.55. The summed E-state index contributed by atoms with van der Waals surface area (Å²) in [5.41, 5.74) is 3.01. The maximum Gasteiger partial charge on any atom is 0.292 e. The molecule has 5 nitrogen and oxygen atoms in total. The van der Waals surface area contributed by atoms with Crippen LogP contribution >= 0.6 is 43.2 Å². The van der Waals surface area contributed by atoms with Gasteiger partial charge in [0.2, 0.25) is 0 Å². The van der Waals surface area contributed by atoms with Gasteiger partial charge in [0.25, 0.3) is 5.56 Å². The first-order chi connectivity index (χ1) is 11.5. The highest BCUT2D eigenvalue weighted by Gasteiger charge is 2.18. The molecule has 3 aromatic heterocycles. The molecule has 0 radical (unpaired) electrons. The zero-order valence-electron chi connectivity index (χ0n) is 12.7. The Morgan fingerprint density at radius 1 is 1.21 bits per heavy atom. The van der Waals surface area contributed by atoms with Crippen molar-refractivity contribution >= 4 is 63.6 Å². The Balaban J connectivity index is 2.09. The lowest BCUT2D eigenvalue weighted by Crippen LogP contribution is -2.21. The topological polar surface area (TPSA) is 60.7 Å². The number of hydrogen-bond acceptors (Lipinski definition) is 5. The zero-order chi connectivity index (χ0) is 17.0. The second-order valence-corrected chi connectivity index (χ2v) is 8.09. The van der Waals surface area contributed by atoms with E-state index in [2.05, 4.69) is 47.2 Å². The molecule has 8 heteroatoms. The summed E-state index contributed by atoms with van der Waals surface area (Å²) in [5, 5.41) is 9.33. The van der Waals surface area contributed by atoms with Crippen molar-refractivity contribution in [2.24, 2.45) is 0 Å². The third-order valence-electron chi connectivity index (χ3n) is 3.83. The van der Waals surface area contributed by atoms with E-state index in [4.69, 9.17) is 0 Å². The van der Waals surface area contributed by atoms with E-state index in [-0.39, 0.29) is 5.56 Å². The van der Waals surface area contributed by atoms with E-state index >= 15 is 0 Å². The largest absolute Gasteiger partial charge is 0.292 e. The van der Waals surface area contributed by atoms with Crippen LogP contribution in [0, 0.1) is 13.8 Å². The lowest BCUT2D eigenvalue weighted by atomic mass is 10.1. The number of fused-ring (bicyclic) bond motifs is 3. The smallest absolute Gasteiger partial charge is 0.266 e. The van der Waals surface area contributed by atoms with Crippen LogP contribution < -0.4 is 5.56 Å². The second-order valence-electron chi connectivity index (χ2n) is 5.38. The summed E-state index contributed by atoms with van der Waals surface area (Å²) in [5.74, 6) is 0. The second kappa shape index (κ2) is 5.72. The first-order valence-electron chi connectivity index (χ1n) is 7.08. The number of rotatable bonds is 1. The van der Waals surface area contributed by atoms with Crippen molar-refractivity contribution in [3.8, 4) is 5.69 Å². The molecule has 0 fully saturated rings. The molecule has 0 unspecified atom stereocenters. The van der Waals surface area contributed by atoms with Gasteiger partial charge in [0.15, 0.2) is 0 Å². The normalized spacial score (nSPS) is 11.5. The van der Waals surface area contributed by atoms with Crippen LogP contribution in [0.1, 0.15) is 11.3 Å². The standard InChI is InChI=1S/C16H10Br2N4OS/c1-7-11-13-14(24-15(11)19-8(2)12(7)18)16(23)22(21-20-13)10-5-3-4-9(17)6-10/h3-6H,1-2H3. The van der Waals surface area contributed by atoms with Crippen molar-refractivity contribution in [1.29, 1.82) is 0 Å². The Kier molecular flexibility index (Phi) is 3.78. The molecule has 0 spiro atoms. The highest BCUT2D eigenvalue weighted by atomic mass is 79.9. The van der Waals surface area contributed by atoms with E-state index in [0.717, 1.165) is 30.4 Å². The quantitative estimate of drug-likeness (QED) is 0.414. The Hall–Kier alpha value is -1.64. The lowest BCUT2D eigenvalue weighted by molar-refractivity contribution is 0.740. The van der Waals surface area contributed by atoms with Crippen LogP contribution in [0.15, 0.2) is 38.0 Å². The van der Waals surface area contributed by atoms with E-state index < -0.39 is 0 Å². The average Bonchev–Trinajstić information content (AvgIpc) is 2.92. The van der Waals surface area contributed by atoms with Crippen LogP contribution in [0.25, 0.3) is 26.1 Å². The van der Waals surface area contributed by atoms with Crippen LogP contribution in [0.5, 0.6) is 0 Å². The van der Waals surface area contributed by atoms with Crippen molar-refractivity contribution in [3.63, 3.8) is 0 Å². The first-order valence-corrected chi connectivity index (χ1v) is 9.48. The molecular weight excluding hydrogens is 456 g/mol. The lowest BCUT2D eigenvalue weighted by Gasteiger charge is -2.04. The van der Waals surface area contributed by atoms with Gasteiger partial charge in [-0.2, -0.15) is 4.68 Å². The van der Waals surface area contributed by atoms with Gasteiger partial charge in [-0.25, -0.2) is 4.98 Å². The predicted octanol–water partition coefficient (Wildman–Crippen LogP) is 4.53. The summed E-state index contributed by atoms with van der Waals surface area (Å²) < 4.78 is 3.70. The van der Waals surface area contributed by atoms with Crippen LogP contribution in [-0.4, -0.2) is 20.0 Å². The molecule has 0 aliphatic rings. The molecule has 0 amide bonds. The van der Waals surface area contributed by atoms with E-state index in [1.165, 1.54) is 16.0 Å². The van der Waals surface area contributed by atoms with E-state index in [1.807, 2.05) is 38.1 Å². The summed E-state index contributed by atoms with van der Waals surface area (Å²) in [6.07, 6.45) is 0. The van der Waals surface area contributed by atoms with Gasteiger partial charge < -0.3 is 0 Å². The van der Waals surface area contributed by atoms with E-state index in [1.54, 1.807) is 0 Å². The SMILES string of the molecule is Cc1nc2sc3c(=O)n(-c4cccc(Br)c4)nnc3c2c(C)c1Br. The molecule has 4 aromatic rings. The highest BCUT2D eigenvalue weighted by Crippen LogP contribution is 2.35. The summed E-state index contributed by atoms with van der Waals surface area (Å²) in [4.78, 5) is 18.3. The molecule has 0 saturated carbocycles. The van der Waals surface area contributed by atoms with Crippen molar-refractivity contribution in [2.45, 2.75) is 13.8 Å². The van der Waals surface area contributed by atoms with E-state index in [9.17, 15) is 4.79 Å². The fourth-order valence-electron chi connectivity index (χ4n) is 2.65. The number of halogens is 2. The highest BCUT2D eigenvalue weighted by molar-refractivity contribution is 9.10. The zero-order valence-corrected chi connectivity index (χ0v) is 16.7. The average molecular weight is 466 g/mol. The number of aryl methyl sites for hydroxylation is 2. The molecule has 0 atom stereocenters. The van der Waals surface area contributed by atoms with Crippen LogP contribution in [-0.2, 0) is 0 Å². The van der Waals surface area contributed by atoms with Crippen molar-refractivity contribution in [3.05, 3.63) is 54.8 Å². The fourth-order valence-corrected chi connectivity index (χ4v) is 4.47. The molecule has 0 N–H and O–H groups in total. The predicted molar refractivity (Wildman–Crippen MR) is 103 cm³/mol. The Morgan fingerprint density at radius 2 is 2.00 bits per heavy atom. The van der Waals surface area contributed by atoms with Crippen LogP contribution in [0.4, 0.5) is 0 Å². The van der Waals surface area contributed by atoms with Gasteiger partial charge >= 0.3 is 0 Å². The third kappa shape index (κ3) is 2.32. The number of hydrogen-bond donors (Lipinski definition) is 0. The Bertz CT molecular complexity index is 1180. The van der Waals surface area contributed by atoms with Gasteiger partial charge in [-0.3, -0.25) is 4.79 Å². The summed E-state index contributed by atoms with van der Waals surface area (Å²) in [6.45, 7) is 3.93. The van der Waals surface area contributed by atoms with Crippen molar-refractivity contribution in [1.82, 2.24) is 20.0 Å². The van der Waals surface area contributed by atoms with Gasteiger partial charge in [0.1, 0.15) is 15.0 Å². The maximum atomic E-state index is 12.9. The first kappa shape index (κ1) is 15.9. The molecular formula is C16H10Br2N4OS. The maximum absolute atomic E-state index is 12.9. The molecule has 0 aliphatic heterocycles. The van der Waals surface area contributed by atoms with Gasteiger partial charge in [0, 0.05) is 14.3 Å². The van der Waals surface area contributed by atoms with Crippen molar-refractivity contribution in [2.75, 3.05) is 0 Å².